The normalized spacial score (nSPS) is 12.1. The molecule has 0 aromatic heterocycles. The Morgan fingerprint density at radius 2 is 1.90 bits per heavy atom. The fourth-order valence-electron chi connectivity index (χ4n) is 1.76. The molecule has 0 amide bonds. The van der Waals surface area contributed by atoms with Crippen molar-refractivity contribution >= 4 is 38.4 Å². The van der Waals surface area contributed by atoms with Crippen LogP contribution in [0.4, 0.5) is 4.39 Å². The first-order valence-electron chi connectivity index (χ1n) is 5.99. The van der Waals surface area contributed by atoms with Crippen molar-refractivity contribution < 1.29 is 12.8 Å². The molecule has 0 fully saturated rings. The van der Waals surface area contributed by atoms with E-state index < -0.39 is 21.4 Å². The largest absolute Gasteiger partial charge is 0.329 e. The fourth-order valence-corrected chi connectivity index (χ4v) is 4.36. The zero-order valence-corrected chi connectivity index (χ0v) is 14.5. The Balaban J connectivity index is 0.00000361. The van der Waals surface area contributed by atoms with E-state index in [2.05, 4.69) is 20.7 Å². The first-order valence-corrected chi connectivity index (χ1v) is 8.27. The number of nitrogens with one attached hydrogen (secondary N) is 1. The predicted molar refractivity (Wildman–Crippen MR) is 84.0 cm³/mol. The Bertz CT molecular complexity index is 542. The van der Waals surface area contributed by atoms with Gasteiger partial charge in [-0.2, -0.15) is 0 Å². The van der Waals surface area contributed by atoms with Crippen LogP contribution in [0.3, 0.4) is 0 Å². The Morgan fingerprint density at radius 1 is 1.35 bits per heavy atom. The first-order chi connectivity index (χ1) is 8.80. The van der Waals surface area contributed by atoms with Gasteiger partial charge in [-0.3, -0.25) is 0 Å². The van der Waals surface area contributed by atoms with Crippen LogP contribution in [0.25, 0.3) is 0 Å². The monoisotopic (exact) mass is 388 g/mol. The molecule has 0 spiro atoms. The van der Waals surface area contributed by atoms with Crippen molar-refractivity contribution in [3.63, 3.8) is 0 Å². The third kappa shape index (κ3) is 4.39. The van der Waals surface area contributed by atoms with Crippen LogP contribution in [0.5, 0.6) is 0 Å². The second-order valence-electron chi connectivity index (χ2n) is 4.37. The highest BCUT2D eigenvalue weighted by Crippen LogP contribution is 2.25. The van der Waals surface area contributed by atoms with Crippen molar-refractivity contribution in [2.75, 3.05) is 6.54 Å². The lowest BCUT2D eigenvalue weighted by molar-refractivity contribution is 0.363. The zero-order chi connectivity index (χ0) is 14.7. The molecular weight excluding hydrogens is 371 g/mol. The number of rotatable bonds is 6. The Labute approximate surface area is 133 Å². The van der Waals surface area contributed by atoms with Crippen LogP contribution in [0, 0.1) is 5.82 Å². The van der Waals surface area contributed by atoms with Gasteiger partial charge in [0, 0.05) is 16.6 Å². The Kier molecular flexibility index (Phi) is 7.62. The summed E-state index contributed by atoms with van der Waals surface area (Å²) in [6, 6.07) is 3.46. The van der Waals surface area contributed by atoms with E-state index in [0.29, 0.717) is 12.8 Å². The van der Waals surface area contributed by atoms with E-state index in [-0.39, 0.29) is 28.3 Å². The number of hydrogen-bond donors (Lipinski definition) is 2. The lowest BCUT2D eigenvalue weighted by Gasteiger charge is -2.31. The number of halogens is 3. The molecule has 1 aromatic rings. The molecular formula is C12H19BrClFN2O2S. The molecule has 0 bridgehead atoms. The van der Waals surface area contributed by atoms with Gasteiger partial charge in [-0.05, 0) is 47.0 Å². The molecule has 3 N–H and O–H groups in total. The van der Waals surface area contributed by atoms with Gasteiger partial charge < -0.3 is 5.73 Å². The molecule has 0 atom stereocenters. The number of benzene rings is 1. The molecule has 0 unspecified atom stereocenters. The summed E-state index contributed by atoms with van der Waals surface area (Å²) in [5, 5.41) is 0. The van der Waals surface area contributed by atoms with Crippen LogP contribution >= 0.6 is 28.3 Å². The average Bonchev–Trinajstić information content (AvgIpc) is 2.35. The lowest BCUT2D eigenvalue weighted by atomic mass is 9.95. The second kappa shape index (κ2) is 7.70. The van der Waals surface area contributed by atoms with Gasteiger partial charge >= 0.3 is 0 Å². The number of hydrogen-bond acceptors (Lipinski definition) is 3. The molecule has 1 rings (SSSR count). The maximum Gasteiger partial charge on any atom is 0.242 e. The molecule has 0 saturated carbocycles. The minimum absolute atomic E-state index is 0. The van der Waals surface area contributed by atoms with Crippen molar-refractivity contribution in [3.05, 3.63) is 28.5 Å². The van der Waals surface area contributed by atoms with Crippen molar-refractivity contribution in [2.24, 2.45) is 5.73 Å². The van der Waals surface area contributed by atoms with Crippen LogP contribution in [-0.2, 0) is 10.0 Å². The highest BCUT2D eigenvalue weighted by atomic mass is 79.9. The van der Waals surface area contributed by atoms with Crippen molar-refractivity contribution in [2.45, 2.75) is 37.1 Å². The van der Waals surface area contributed by atoms with Crippen LogP contribution in [-0.4, -0.2) is 20.5 Å². The van der Waals surface area contributed by atoms with E-state index in [1.807, 2.05) is 13.8 Å². The quantitative estimate of drug-likeness (QED) is 0.786. The van der Waals surface area contributed by atoms with Crippen molar-refractivity contribution in [1.82, 2.24) is 4.72 Å². The molecule has 0 heterocycles. The Morgan fingerprint density at radius 3 is 2.30 bits per heavy atom. The van der Waals surface area contributed by atoms with Gasteiger partial charge in [0.1, 0.15) is 5.82 Å². The van der Waals surface area contributed by atoms with Gasteiger partial charge in [0.2, 0.25) is 10.0 Å². The van der Waals surface area contributed by atoms with Crippen LogP contribution in [0.15, 0.2) is 27.6 Å². The highest BCUT2D eigenvalue weighted by molar-refractivity contribution is 9.10. The summed E-state index contributed by atoms with van der Waals surface area (Å²) in [4.78, 5) is 0.00799. The topological polar surface area (TPSA) is 72.2 Å². The first kappa shape index (κ1) is 19.8. The van der Waals surface area contributed by atoms with Gasteiger partial charge in [-0.1, -0.05) is 13.8 Å². The van der Waals surface area contributed by atoms with Gasteiger partial charge in [0.15, 0.2) is 0 Å². The minimum atomic E-state index is -3.75. The smallest absolute Gasteiger partial charge is 0.242 e. The lowest BCUT2D eigenvalue weighted by Crippen LogP contribution is -2.52. The predicted octanol–water partition coefficient (Wildman–Crippen LogP) is 2.81. The molecule has 116 valence electrons. The van der Waals surface area contributed by atoms with E-state index in [0.717, 1.165) is 12.1 Å². The fraction of sp³-hybridized carbons (Fsp3) is 0.500. The summed E-state index contributed by atoms with van der Waals surface area (Å²) in [5.74, 6) is -0.498. The van der Waals surface area contributed by atoms with Gasteiger partial charge in [-0.15, -0.1) is 12.4 Å². The summed E-state index contributed by atoms with van der Waals surface area (Å²) >= 11 is 3.07. The zero-order valence-electron chi connectivity index (χ0n) is 11.3. The molecule has 0 aliphatic heterocycles. The summed E-state index contributed by atoms with van der Waals surface area (Å²) < 4.78 is 40.5. The van der Waals surface area contributed by atoms with E-state index in [9.17, 15) is 12.8 Å². The third-order valence-electron chi connectivity index (χ3n) is 3.28. The van der Waals surface area contributed by atoms with Gasteiger partial charge in [-0.25, -0.2) is 17.5 Å². The summed E-state index contributed by atoms with van der Waals surface area (Å²) in [6.07, 6.45) is 1.16. The van der Waals surface area contributed by atoms with Crippen molar-refractivity contribution in [3.8, 4) is 0 Å². The molecule has 0 saturated heterocycles. The third-order valence-corrected chi connectivity index (χ3v) is 5.83. The summed E-state index contributed by atoms with van der Waals surface area (Å²) in [7, 11) is -3.75. The minimum Gasteiger partial charge on any atom is -0.329 e. The standard InChI is InChI=1S/C12H18BrFN2O2S.ClH/c1-3-12(4-2,8-15)16-19(17,18)11-6-5-9(14)7-10(11)13;/h5-7,16H,3-4,8,15H2,1-2H3;1H. The molecule has 8 heteroatoms. The average molecular weight is 390 g/mol. The highest BCUT2D eigenvalue weighted by Gasteiger charge is 2.31. The van der Waals surface area contributed by atoms with Gasteiger partial charge in [0.25, 0.3) is 0 Å². The van der Waals surface area contributed by atoms with Crippen molar-refractivity contribution in [1.29, 1.82) is 0 Å². The molecule has 1 aromatic carbocycles. The molecule has 0 aliphatic carbocycles. The molecule has 4 nitrogen and oxygen atoms in total. The Hall–Kier alpha value is -0.210. The van der Waals surface area contributed by atoms with Crippen LogP contribution in [0.2, 0.25) is 0 Å². The summed E-state index contributed by atoms with van der Waals surface area (Å²) in [5.41, 5.74) is 5.00. The molecule has 0 aliphatic rings. The summed E-state index contributed by atoms with van der Waals surface area (Å²) in [6.45, 7) is 3.95. The maximum atomic E-state index is 13.0. The van der Waals surface area contributed by atoms with Crippen LogP contribution in [0.1, 0.15) is 26.7 Å². The van der Waals surface area contributed by atoms with E-state index >= 15 is 0 Å². The van der Waals surface area contributed by atoms with E-state index in [4.69, 9.17) is 5.73 Å². The molecule has 0 radical (unpaired) electrons. The number of sulfonamides is 1. The van der Waals surface area contributed by atoms with E-state index in [1.54, 1.807) is 0 Å². The van der Waals surface area contributed by atoms with Crippen LogP contribution < -0.4 is 10.5 Å². The maximum absolute atomic E-state index is 13.0. The SMILES string of the molecule is CCC(CC)(CN)NS(=O)(=O)c1ccc(F)cc1Br.Cl. The van der Waals surface area contributed by atoms with Gasteiger partial charge in [0.05, 0.1) is 4.90 Å². The second-order valence-corrected chi connectivity index (χ2v) is 6.88. The van der Waals surface area contributed by atoms with E-state index in [1.165, 1.54) is 6.07 Å². The number of nitrogens with two attached hydrogens (primary N) is 1. The molecule has 20 heavy (non-hydrogen) atoms.